The Kier molecular flexibility index (Phi) is 9.18. The van der Waals surface area contributed by atoms with E-state index in [0.29, 0.717) is 24.5 Å². The summed E-state index contributed by atoms with van der Waals surface area (Å²) < 4.78 is 0. The van der Waals surface area contributed by atoms with E-state index in [1.54, 1.807) is 23.2 Å². The van der Waals surface area contributed by atoms with Gasteiger partial charge in [0.15, 0.2) is 0 Å². The van der Waals surface area contributed by atoms with E-state index in [9.17, 15) is 19.5 Å². The number of carboxylic acid groups (broad SMARTS) is 1. The number of rotatable bonds is 9. The van der Waals surface area contributed by atoms with Gasteiger partial charge in [-0.15, -0.1) is 0 Å². The van der Waals surface area contributed by atoms with Crippen LogP contribution in [-0.2, 0) is 9.59 Å². The molecular weight excluding hydrogens is 632 g/mol. The molecule has 0 saturated carbocycles. The molecule has 3 atom stereocenters. The Labute approximate surface area is 290 Å². The normalized spacial score (nSPS) is 18.0. The second-order valence-corrected chi connectivity index (χ2v) is 12.9. The first-order valence-corrected chi connectivity index (χ1v) is 16.9. The van der Waals surface area contributed by atoms with Crippen molar-refractivity contribution < 1.29 is 19.5 Å². The van der Waals surface area contributed by atoms with Crippen LogP contribution in [0.25, 0.3) is 33.6 Å². The van der Waals surface area contributed by atoms with Gasteiger partial charge < -0.3 is 30.6 Å². The molecule has 256 valence electrons. The van der Waals surface area contributed by atoms with Gasteiger partial charge in [0.25, 0.3) is 5.91 Å². The number of hydrogen-bond acceptors (Lipinski definition) is 6. The number of amides is 3. The van der Waals surface area contributed by atoms with Gasteiger partial charge in [0.05, 0.1) is 42.4 Å². The lowest BCUT2D eigenvalue weighted by Gasteiger charge is -2.32. The van der Waals surface area contributed by atoms with E-state index in [1.165, 1.54) is 7.05 Å². The fraction of sp³-hybridized carbons (Fsp3) is 0.289. The van der Waals surface area contributed by atoms with Gasteiger partial charge in [-0.1, -0.05) is 78.9 Å². The number of aromatic nitrogens is 4. The van der Waals surface area contributed by atoms with Crippen molar-refractivity contribution in [3.8, 4) is 33.6 Å². The molecule has 12 heteroatoms. The highest BCUT2D eigenvalue weighted by Gasteiger charge is 2.39. The minimum atomic E-state index is -1.16. The maximum Gasteiger partial charge on any atom is 0.407 e. The molecular formula is C38H40N8O4. The summed E-state index contributed by atoms with van der Waals surface area (Å²) in [7, 11) is 1.43. The van der Waals surface area contributed by atoms with E-state index in [0.717, 1.165) is 70.0 Å². The van der Waals surface area contributed by atoms with E-state index in [1.807, 2.05) is 41.4 Å². The average molecular weight is 673 g/mol. The molecule has 0 aliphatic carbocycles. The Morgan fingerprint density at radius 1 is 0.780 bits per heavy atom. The summed E-state index contributed by atoms with van der Waals surface area (Å²) in [4.78, 5) is 58.8. The minimum absolute atomic E-state index is 0.00246. The Hall–Kier alpha value is -5.75. The van der Waals surface area contributed by atoms with E-state index in [-0.39, 0.29) is 30.4 Å². The minimum Gasteiger partial charge on any atom is -0.465 e. The molecule has 7 rings (SSSR count). The van der Waals surface area contributed by atoms with Crippen molar-refractivity contribution in [2.45, 2.75) is 43.8 Å². The van der Waals surface area contributed by atoms with Crippen LogP contribution in [-0.4, -0.2) is 84.3 Å². The predicted molar refractivity (Wildman–Crippen MR) is 188 cm³/mol. The predicted octanol–water partition coefficient (Wildman–Crippen LogP) is 5.77. The zero-order chi connectivity index (χ0) is 34.8. The third-order valence-corrected chi connectivity index (χ3v) is 9.87. The lowest BCUT2D eigenvalue weighted by Crippen LogP contribution is -2.43. The molecule has 2 aliphatic heterocycles. The fourth-order valence-corrected chi connectivity index (χ4v) is 7.21. The summed E-state index contributed by atoms with van der Waals surface area (Å²) in [5.41, 5.74) is 12.1. The summed E-state index contributed by atoms with van der Waals surface area (Å²) in [5.74, 6) is 1.16. The summed E-state index contributed by atoms with van der Waals surface area (Å²) in [6.07, 6.45) is 5.78. The first-order chi connectivity index (χ1) is 24.3. The highest BCUT2D eigenvalue weighted by Crippen LogP contribution is 2.36. The highest BCUT2D eigenvalue weighted by atomic mass is 16.4. The summed E-state index contributed by atoms with van der Waals surface area (Å²) in [5, 5.41) is 9.75. The van der Waals surface area contributed by atoms with Crippen molar-refractivity contribution in [2.75, 3.05) is 26.7 Å². The van der Waals surface area contributed by atoms with Crippen LogP contribution in [0.1, 0.15) is 61.0 Å². The smallest absolute Gasteiger partial charge is 0.407 e. The average Bonchev–Trinajstić information content (AvgIpc) is 3.98. The molecule has 2 aromatic heterocycles. The number of nitrogens with two attached hydrogens (primary N) is 1. The highest BCUT2D eigenvalue weighted by molar-refractivity contribution is 5.87. The molecule has 2 saturated heterocycles. The first-order valence-electron chi connectivity index (χ1n) is 16.9. The summed E-state index contributed by atoms with van der Waals surface area (Å²) in [6.45, 7) is 1.23. The zero-order valence-corrected chi connectivity index (χ0v) is 27.8. The Morgan fingerprint density at radius 3 is 1.76 bits per heavy atom. The van der Waals surface area contributed by atoms with E-state index in [4.69, 9.17) is 5.73 Å². The first kappa shape index (κ1) is 32.8. The number of aromatic amines is 2. The van der Waals surface area contributed by atoms with Gasteiger partial charge >= 0.3 is 6.09 Å². The molecule has 3 aromatic carbocycles. The fourth-order valence-electron chi connectivity index (χ4n) is 7.21. The van der Waals surface area contributed by atoms with Gasteiger partial charge in [-0.05, 0) is 53.5 Å². The Morgan fingerprint density at radius 2 is 1.26 bits per heavy atom. The van der Waals surface area contributed by atoms with Gasteiger partial charge in [-0.2, -0.15) is 0 Å². The molecule has 0 spiro atoms. The number of likely N-dealkylation sites (N-methyl/N-ethyl adjacent to an activating group) is 1. The van der Waals surface area contributed by atoms with Gasteiger partial charge in [-0.25, -0.2) is 14.8 Å². The molecule has 4 heterocycles. The third kappa shape index (κ3) is 6.37. The van der Waals surface area contributed by atoms with Crippen molar-refractivity contribution in [1.29, 1.82) is 0 Å². The Balaban J connectivity index is 1.04. The second-order valence-electron chi connectivity index (χ2n) is 12.9. The van der Waals surface area contributed by atoms with Crippen LogP contribution in [0.5, 0.6) is 0 Å². The molecule has 0 bridgehead atoms. The maximum atomic E-state index is 13.9. The SMILES string of the molecule is CN(C(=O)O)[C@@H](C(=O)N1CCC[C@H]1c1ncc(-c2ccc(-c3ccc(-c4cnc([C@@H]5CCCN5C(=O)CN)[nH]4)cc3)cc2)[nH]1)c1ccccc1. The monoisotopic (exact) mass is 672 g/mol. The molecule has 5 N–H and O–H groups in total. The van der Waals surface area contributed by atoms with E-state index in [2.05, 4.69) is 56.3 Å². The quantitative estimate of drug-likeness (QED) is 0.154. The van der Waals surface area contributed by atoms with Crippen molar-refractivity contribution >= 4 is 17.9 Å². The van der Waals surface area contributed by atoms with Gasteiger partial charge in [0.1, 0.15) is 17.7 Å². The van der Waals surface area contributed by atoms with Crippen LogP contribution in [0.3, 0.4) is 0 Å². The number of imidazole rings is 2. The standard InChI is InChI=1S/C38H40N8O4/c1-44(38(49)50)34(28-7-3-2-4-8-28)37(48)46-20-6-10-32(46)36-41-23-30(43-36)27-17-13-25(14-18-27)24-11-15-26(16-12-24)29-22-40-35(42-29)31-9-5-19-45(31)33(47)21-39/h2-4,7-8,11-18,22-23,31-32,34H,5-6,9-10,19-21,39H2,1H3,(H,40,42)(H,41,43)(H,49,50)/t31-,32-,34+/m0/s1. The number of hydrogen-bond donors (Lipinski definition) is 4. The van der Waals surface area contributed by atoms with Crippen LogP contribution in [0.2, 0.25) is 0 Å². The Bertz CT molecular complexity index is 1970. The number of H-pyrrole nitrogens is 2. The maximum absolute atomic E-state index is 13.9. The number of nitrogens with one attached hydrogen (secondary N) is 2. The van der Waals surface area contributed by atoms with Crippen LogP contribution >= 0.6 is 0 Å². The molecule has 2 aliphatic rings. The van der Waals surface area contributed by atoms with Crippen molar-refractivity contribution in [2.24, 2.45) is 5.73 Å². The van der Waals surface area contributed by atoms with Gasteiger partial charge in [0.2, 0.25) is 5.91 Å². The van der Waals surface area contributed by atoms with E-state index < -0.39 is 12.1 Å². The number of benzene rings is 3. The van der Waals surface area contributed by atoms with E-state index >= 15 is 0 Å². The summed E-state index contributed by atoms with van der Waals surface area (Å²) >= 11 is 0. The van der Waals surface area contributed by atoms with Crippen molar-refractivity contribution in [3.63, 3.8) is 0 Å². The topological polar surface area (TPSA) is 165 Å². The number of nitrogens with zero attached hydrogens (tertiary/aromatic N) is 5. The van der Waals surface area contributed by atoms with Crippen LogP contribution in [0.15, 0.2) is 91.3 Å². The molecule has 3 amide bonds. The second kappa shape index (κ2) is 14.0. The van der Waals surface area contributed by atoms with Crippen LogP contribution < -0.4 is 5.73 Å². The van der Waals surface area contributed by atoms with Crippen molar-refractivity contribution in [3.05, 3.63) is 108 Å². The number of carbonyl (C=O) groups is 3. The number of carbonyl (C=O) groups excluding carboxylic acids is 2. The summed E-state index contributed by atoms with van der Waals surface area (Å²) in [6, 6.07) is 24.2. The molecule has 2 fully saturated rings. The van der Waals surface area contributed by atoms with Crippen molar-refractivity contribution in [1.82, 2.24) is 34.6 Å². The molecule has 12 nitrogen and oxygen atoms in total. The zero-order valence-electron chi connectivity index (χ0n) is 27.8. The van der Waals surface area contributed by atoms with Gasteiger partial charge in [-0.3, -0.25) is 14.5 Å². The molecule has 5 aromatic rings. The largest absolute Gasteiger partial charge is 0.465 e. The third-order valence-electron chi connectivity index (χ3n) is 9.87. The lowest BCUT2D eigenvalue weighted by atomic mass is 10.0. The van der Waals surface area contributed by atoms with Gasteiger partial charge in [0, 0.05) is 20.1 Å². The molecule has 0 radical (unpaired) electrons. The lowest BCUT2D eigenvalue weighted by molar-refractivity contribution is -0.137. The molecule has 50 heavy (non-hydrogen) atoms. The molecule has 0 unspecified atom stereocenters. The number of likely N-dealkylation sites (tertiary alicyclic amines) is 2. The van der Waals surface area contributed by atoms with Crippen LogP contribution in [0.4, 0.5) is 4.79 Å². The van der Waals surface area contributed by atoms with Crippen LogP contribution in [0, 0.1) is 0 Å².